The fourth-order valence-electron chi connectivity index (χ4n) is 12.4. The van der Waals surface area contributed by atoms with Gasteiger partial charge in [-0.1, -0.05) is 37.6 Å². The molecule has 15 heteroatoms. The van der Waals surface area contributed by atoms with Crippen molar-refractivity contribution < 1.29 is 72.3 Å². The number of allylic oxidation sites excluding steroid dienone is 3. The number of ketones is 1. The van der Waals surface area contributed by atoms with E-state index in [9.17, 15) is 29.7 Å². The summed E-state index contributed by atoms with van der Waals surface area (Å²) in [6.07, 6.45) is 4.86. The maximum absolute atomic E-state index is 14.1. The van der Waals surface area contributed by atoms with Gasteiger partial charge in [0, 0.05) is 38.5 Å². The second-order valence-corrected chi connectivity index (χ2v) is 21.0. The van der Waals surface area contributed by atoms with Crippen molar-refractivity contribution in [2.45, 2.75) is 227 Å². The molecule has 0 radical (unpaired) electrons. The van der Waals surface area contributed by atoms with Crippen molar-refractivity contribution in [2.24, 2.45) is 17.8 Å². The third kappa shape index (κ3) is 8.00. The van der Waals surface area contributed by atoms with Crippen LogP contribution in [0.15, 0.2) is 23.8 Å². The first-order valence-electron chi connectivity index (χ1n) is 23.3. The summed E-state index contributed by atoms with van der Waals surface area (Å²) in [4.78, 5) is 40.7. The number of carbonyl (C=O) groups excluding carboxylic acids is 3. The minimum absolute atomic E-state index is 0.0637. The Bertz CT molecular complexity index is 1800. The van der Waals surface area contributed by atoms with Crippen molar-refractivity contribution >= 4 is 18.0 Å². The molecule has 15 nitrogen and oxygen atoms in total. The van der Waals surface area contributed by atoms with E-state index in [1.165, 1.54) is 0 Å². The van der Waals surface area contributed by atoms with Gasteiger partial charge < -0.3 is 62.7 Å². The van der Waals surface area contributed by atoms with Gasteiger partial charge in [-0.25, -0.2) is 0 Å². The van der Waals surface area contributed by atoms with Gasteiger partial charge in [0.2, 0.25) is 5.79 Å². The quantitative estimate of drug-likeness (QED) is 0.260. The predicted octanol–water partition coefficient (Wildman–Crippen LogP) is 4.43. The highest BCUT2D eigenvalue weighted by Crippen LogP contribution is 2.55. The number of aldehydes is 1. The van der Waals surface area contributed by atoms with E-state index in [1.54, 1.807) is 13.8 Å². The van der Waals surface area contributed by atoms with E-state index in [4.69, 9.17) is 42.6 Å². The van der Waals surface area contributed by atoms with Crippen LogP contribution in [0.1, 0.15) is 131 Å². The van der Waals surface area contributed by atoms with Gasteiger partial charge in [-0.15, -0.1) is 0 Å². The second-order valence-electron chi connectivity index (χ2n) is 21.0. The van der Waals surface area contributed by atoms with Gasteiger partial charge in [0.1, 0.15) is 53.9 Å². The molecule has 0 aliphatic carbocycles. The first kappa shape index (κ1) is 45.0. The third-order valence-electron chi connectivity index (χ3n) is 15.9. The van der Waals surface area contributed by atoms with E-state index < -0.39 is 107 Å². The number of ether oxygens (including phenoxy) is 9. The minimum Gasteiger partial charge on any atom is -0.459 e. The molecule has 0 unspecified atom stereocenters. The number of esters is 1. The van der Waals surface area contributed by atoms with Gasteiger partial charge >= 0.3 is 5.97 Å². The summed E-state index contributed by atoms with van der Waals surface area (Å²) in [6.45, 7) is 11.8. The summed E-state index contributed by atoms with van der Waals surface area (Å²) >= 11 is 0. The van der Waals surface area contributed by atoms with E-state index in [1.807, 2.05) is 26.0 Å². The predicted molar refractivity (Wildman–Crippen MR) is 218 cm³/mol. The summed E-state index contributed by atoms with van der Waals surface area (Å²) in [5, 5.41) is 34.8. The summed E-state index contributed by atoms with van der Waals surface area (Å²) in [6, 6.07) is 0. The molecule has 0 saturated carbocycles. The lowest BCUT2D eigenvalue weighted by atomic mass is 9.87. The zero-order valence-corrected chi connectivity index (χ0v) is 37.2. The molecule has 8 saturated heterocycles. The van der Waals surface area contributed by atoms with E-state index >= 15 is 0 Å². The Kier molecular flexibility index (Phi) is 11.9. The van der Waals surface area contributed by atoms with Crippen LogP contribution in [-0.4, -0.2) is 135 Å². The minimum atomic E-state index is -1.97. The van der Waals surface area contributed by atoms with Crippen LogP contribution in [0.25, 0.3) is 0 Å². The van der Waals surface area contributed by atoms with Crippen LogP contribution in [0.5, 0.6) is 0 Å². The average Bonchev–Trinajstić information content (AvgIpc) is 4.06. The molecule has 9 rings (SSSR count). The molecule has 10 bridgehead atoms. The lowest BCUT2D eigenvalue weighted by Crippen LogP contribution is -2.59. The number of aliphatic hydroxyl groups is 3. The van der Waals surface area contributed by atoms with Crippen molar-refractivity contribution in [3.05, 3.63) is 23.8 Å². The summed E-state index contributed by atoms with van der Waals surface area (Å²) in [5.74, 6) is -5.79. The van der Waals surface area contributed by atoms with Crippen LogP contribution in [0.3, 0.4) is 0 Å². The highest BCUT2D eigenvalue weighted by atomic mass is 16.8. The number of carbonyl (C=O) groups is 3. The van der Waals surface area contributed by atoms with E-state index in [0.29, 0.717) is 57.8 Å². The molecule has 62 heavy (non-hydrogen) atoms. The molecule has 19 atom stereocenters. The molecule has 8 fully saturated rings. The van der Waals surface area contributed by atoms with Crippen molar-refractivity contribution in [2.75, 3.05) is 6.61 Å². The SMILES string of the molecule is CC1=C[C@@H](C)C[C@]2(C)CC[C@H](O2)[C@]23CC[C@](C=O)(C[C@H](O2)[C@@H]2O[C@@](C)(CC2=O)[C@H](O)[C@H]2CC[C@@]4(CCC[C@@H](O4)[C@H](C)C(=O)O[C@H]4C[C@H]([C@]5(O)OCC[C@H](C)[C@@H]5O)O[C@H]4C=C1)O2)O3. The number of Topliss-reactive ketones (excluding diaryl/α,β-unsaturated/α-hetero) is 1. The molecule has 9 aliphatic rings. The highest BCUT2D eigenvalue weighted by Gasteiger charge is 2.66. The standard InChI is InChI=1S/C47H68O15/c1-26-9-10-32-34(21-37(55-32)47(53)39(50)28(3)13-19-54-47)56-41(52)29(4)31-8-7-14-45(57-31)16-11-33(58-45)40(51)43(6)23-30(49)38(61-43)35-24-44(25-48)17-18-46(59-35,62-44)36-12-15-42(5,60-36)22-27(2)20-26/h9-10,20,25,27-29,31-40,50-51,53H,7-8,11-19,21-24H2,1-6H3/t27-,28+,29+,31-,32+,33-,34+,35+,36+,37-,38-,39+,40-,42+,43+,44-,45-,46-,47+/m1/s1. The molecule has 0 aromatic rings. The Morgan fingerprint density at radius 2 is 1.60 bits per heavy atom. The van der Waals surface area contributed by atoms with Gasteiger partial charge in [0.15, 0.2) is 23.6 Å². The Balaban J connectivity index is 1.01. The highest BCUT2D eigenvalue weighted by molar-refractivity contribution is 5.87. The van der Waals surface area contributed by atoms with Gasteiger partial charge in [-0.2, -0.15) is 0 Å². The monoisotopic (exact) mass is 872 g/mol. The third-order valence-corrected chi connectivity index (χ3v) is 15.9. The number of rotatable bonds is 2. The normalized spacial score (nSPS) is 53.6. The zero-order valence-electron chi connectivity index (χ0n) is 37.2. The van der Waals surface area contributed by atoms with E-state index in [-0.39, 0.29) is 43.5 Å². The van der Waals surface area contributed by atoms with Gasteiger partial charge in [-0.3, -0.25) is 9.59 Å². The molecule has 3 N–H and O–H groups in total. The van der Waals surface area contributed by atoms with Crippen molar-refractivity contribution in [3.63, 3.8) is 0 Å². The van der Waals surface area contributed by atoms with Crippen LogP contribution in [0.4, 0.5) is 0 Å². The maximum Gasteiger partial charge on any atom is 0.311 e. The maximum atomic E-state index is 14.1. The molecular weight excluding hydrogens is 805 g/mol. The van der Waals surface area contributed by atoms with Gasteiger partial charge in [0.25, 0.3) is 0 Å². The molecule has 2 spiro atoms. The first-order valence-corrected chi connectivity index (χ1v) is 23.3. The first-order chi connectivity index (χ1) is 29.3. The topological polar surface area (TPSA) is 195 Å². The van der Waals surface area contributed by atoms with Crippen molar-refractivity contribution in [3.8, 4) is 0 Å². The van der Waals surface area contributed by atoms with Crippen molar-refractivity contribution in [1.82, 2.24) is 0 Å². The average molecular weight is 873 g/mol. The van der Waals surface area contributed by atoms with Crippen LogP contribution >= 0.6 is 0 Å². The fourth-order valence-corrected chi connectivity index (χ4v) is 12.4. The molecular formula is C47H68O15. The number of hydrogen-bond acceptors (Lipinski definition) is 15. The van der Waals surface area contributed by atoms with E-state index in [0.717, 1.165) is 24.7 Å². The molecule has 9 heterocycles. The van der Waals surface area contributed by atoms with Crippen LogP contribution in [0.2, 0.25) is 0 Å². The Hall–Kier alpha value is -2.15. The Morgan fingerprint density at radius 3 is 2.39 bits per heavy atom. The summed E-state index contributed by atoms with van der Waals surface area (Å²) in [7, 11) is 0. The smallest absolute Gasteiger partial charge is 0.311 e. The van der Waals surface area contributed by atoms with Crippen molar-refractivity contribution in [1.29, 1.82) is 0 Å². The Morgan fingerprint density at radius 1 is 0.806 bits per heavy atom. The lowest BCUT2D eigenvalue weighted by molar-refractivity contribution is -0.354. The van der Waals surface area contributed by atoms with Crippen LogP contribution in [-0.2, 0) is 57.0 Å². The van der Waals surface area contributed by atoms with E-state index in [2.05, 4.69) is 19.9 Å². The second kappa shape index (κ2) is 16.3. The lowest BCUT2D eigenvalue weighted by Gasteiger charge is -2.46. The van der Waals surface area contributed by atoms with Crippen LogP contribution in [0, 0.1) is 17.8 Å². The summed E-state index contributed by atoms with van der Waals surface area (Å²) in [5.41, 5.74) is -2.03. The van der Waals surface area contributed by atoms with Gasteiger partial charge in [-0.05, 0) is 90.9 Å². The largest absolute Gasteiger partial charge is 0.459 e. The fraction of sp³-hybridized carbons (Fsp3) is 0.851. The molecule has 0 amide bonds. The number of aliphatic hydroxyl groups excluding tert-OH is 2. The molecule has 0 aromatic carbocycles. The molecule has 346 valence electrons. The van der Waals surface area contributed by atoms with Crippen LogP contribution < -0.4 is 0 Å². The zero-order chi connectivity index (χ0) is 44.0. The molecule has 9 aliphatic heterocycles. The number of fused-ring (bicyclic) bond motifs is 10. The van der Waals surface area contributed by atoms with Gasteiger partial charge in [0.05, 0.1) is 36.4 Å². The Labute approximate surface area is 364 Å². The molecule has 0 aromatic heterocycles. The number of hydrogen-bond donors (Lipinski definition) is 3. The summed E-state index contributed by atoms with van der Waals surface area (Å²) < 4.78 is 58.5.